The predicted octanol–water partition coefficient (Wildman–Crippen LogP) is -3.43. The molecule has 0 bridgehead atoms. The second-order valence-electron chi connectivity index (χ2n) is 7.95. The highest BCUT2D eigenvalue weighted by Gasteiger charge is 2.25. The summed E-state index contributed by atoms with van der Waals surface area (Å²) in [4.78, 5) is 40.6. The van der Waals surface area contributed by atoms with Crippen LogP contribution in [0.1, 0.15) is 6.42 Å². The number of hydrogen-bond donors (Lipinski definition) is 6. The molecule has 0 radical (unpaired) electrons. The quantitative estimate of drug-likeness (QED) is 0.178. The lowest BCUT2D eigenvalue weighted by Gasteiger charge is -2.36. The number of aliphatic hydroxyl groups is 3. The van der Waals surface area contributed by atoms with Crippen LogP contribution >= 0.6 is 0 Å². The van der Waals surface area contributed by atoms with Crippen LogP contribution in [-0.2, 0) is 14.4 Å². The molecule has 0 amide bonds. The van der Waals surface area contributed by atoms with Crippen molar-refractivity contribution in [2.24, 2.45) is 0 Å². The third kappa shape index (κ3) is 11.7. The highest BCUT2D eigenvalue weighted by molar-refractivity contribution is 5.69. The van der Waals surface area contributed by atoms with Crippen molar-refractivity contribution < 1.29 is 45.0 Å². The van der Waals surface area contributed by atoms with E-state index >= 15 is 0 Å². The number of carbonyl (C=O) groups is 3. The third-order valence-electron chi connectivity index (χ3n) is 5.43. The molecule has 1 fully saturated rings. The summed E-state index contributed by atoms with van der Waals surface area (Å²) in [7, 11) is 0. The molecule has 1 heterocycles. The van der Waals surface area contributed by atoms with Crippen LogP contribution in [0.15, 0.2) is 0 Å². The van der Waals surface area contributed by atoms with Gasteiger partial charge in [-0.1, -0.05) is 0 Å². The van der Waals surface area contributed by atoms with E-state index in [0.717, 1.165) is 0 Å². The monoisotopic (exact) mass is 464 g/mol. The molecule has 1 saturated heterocycles. The van der Waals surface area contributed by atoms with Crippen molar-refractivity contribution in [2.75, 3.05) is 85.2 Å². The van der Waals surface area contributed by atoms with Gasteiger partial charge in [-0.2, -0.15) is 0 Å². The van der Waals surface area contributed by atoms with Gasteiger partial charge in [0.25, 0.3) is 0 Å². The fraction of sp³-hybridized carbons (Fsp3) is 0.842. The van der Waals surface area contributed by atoms with Gasteiger partial charge in [-0.3, -0.25) is 34.0 Å². The van der Waals surface area contributed by atoms with Gasteiger partial charge >= 0.3 is 17.9 Å². The number of aliphatic carboxylic acids is 3. The van der Waals surface area contributed by atoms with E-state index in [1.165, 1.54) is 0 Å². The molecule has 186 valence electrons. The molecule has 2 atom stereocenters. The van der Waals surface area contributed by atoms with Crippen LogP contribution in [-0.4, -0.2) is 165 Å². The molecule has 13 heteroatoms. The van der Waals surface area contributed by atoms with E-state index in [1.54, 1.807) is 14.7 Å². The number of rotatable bonds is 11. The Labute approximate surface area is 187 Å². The molecule has 13 nitrogen and oxygen atoms in total. The summed E-state index contributed by atoms with van der Waals surface area (Å²) in [6.45, 7) is 1.07. The molecule has 0 aromatic carbocycles. The van der Waals surface area contributed by atoms with Crippen molar-refractivity contribution in [2.45, 2.75) is 18.6 Å². The maximum atomic E-state index is 11.3. The third-order valence-corrected chi connectivity index (χ3v) is 5.43. The molecule has 0 aromatic heterocycles. The molecule has 2 unspecified atom stereocenters. The van der Waals surface area contributed by atoms with Crippen molar-refractivity contribution in [1.82, 2.24) is 19.6 Å². The molecular weight excluding hydrogens is 428 g/mol. The van der Waals surface area contributed by atoms with Crippen molar-refractivity contribution >= 4 is 17.9 Å². The molecule has 1 aliphatic heterocycles. The Hall–Kier alpha value is -1.87. The summed E-state index contributed by atoms with van der Waals surface area (Å²) in [5, 5.41) is 56.4. The van der Waals surface area contributed by atoms with E-state index in [2.05, 4.69) is 0 Å². The van der Waals surface area contributed by atoms with Crippen molar-refractivity contribution in [3.63, 3.8) is 0 Å². The van der Waals surface area contributed by atoms with Gasteiger partial charge in [0, 0.05) is 58.4 Å². The molecule has 0 aromatic rings. The number of carboxylic acids is 3. The Balaban J connectivity index is 3.04. The van der Waals surface area contributed by atoms with Crippen molar-refractivity contribution in [1.29, 1.82) is 0 Å². The lowest BCUT2D eigenvalue weighted by atomic mass is 10.1. The molecule has 1 rings (SSSR count). The Kier molecular flexibility index (Phi) is 13.2. The van der Waals surface area contributed by atoms with E-state index in [-0.39, 0.29) is 32.7 Å². The first-order valence-corrected chi connectivity index (χ1v) is 10.6. The maximum absolute atomic E-state index is 11.3. The molecule has 0 saturated carbocycles. The number of nitrogens with zero attached hydrogens (tertiary/aromatic N) is 4. The first-order valence-electron chi connectivity index (χ1n) is 10.6. The number of aliphatic hydroxyl groups excluding tert-OH is 3. The van der Waals surface area contributed by atoms with Crippen LogP contribution in [0.2, 0.25) is 0 Å². The summed E-state index contributed by atoms with van der Waals surface area (Å²) >= 11 is 0. The SMILES string of the molecule is O=C(O)CN1CCN(CC(=O)O)CCN(C(CO)CC(O)CO)CCN(CC(=O)O)CC1. The van der Waals surface area contributed by atoms with E-state index in [0.29, 0.717) is 52.4 Å². The smallest absolute Gasteiger partial charge is 0.317 e. The summed E-state index contributed by atoms with van der Waals surface area (Å²) in [6, 6.07) is -0.498. The van der Waals surface area contributed by atoms with Gasteiger partial charge in [0.2, 0.25) is 0 Å². The zero-order valence-electron chi connectivity index (χ0n) is 18.3. The largest absolute Gasteiger partial charge is 0.480 e. The first-order chi connectivity index (χ1) is 15.1. The molecule has 0 aliphatic carbocycles. The molecule has 6 N–H and O–H groups in total. The second kappa shape index (κ2) is 15.1. The fourth-order valence-corrected chi connectivity index (χ4v) is 3.69. The highest BCUT2D eigenvalue weighted by atomic mass is 16.4. The summed E-state index contributed by atoms with van der Waals surface area (Å²) < 4.78 is 0. The fourth-order valence-electron chi connectivity index (χ4n) is 3.69. The van der Waals surface area contributed by atoms with Gasteiger partial charge in [0.15, 0.2) is 0 Å². The molecule has 1 aliphatic rings. The Morgan fingerprint density at radius 2 is 0.969 bits per heavy atom. The number of carboxylic acid groups (broad SMARTS) is 3. The minimum Gasteiger partial charge on any atom is -0.480 e. The van der Waals surface area contributed by atoms with Gasteiger partial charge in [-0.05, 0) is 6.42 Å². The minimum absolute atomic E-state index is 0.108. The summed E-state index contributed by atoms with van der Waals surface area (Å²) in [5.41, 5.74) is 0. The molecular formula is C19H36N4O9. The van der Waals surface area contributed by atoms with Gasteiger partial charge < -0.3 is 30.6 Å². The minimum atomic E-state index is -1.02. The van der Waals surface area contributed by atoms with Gasteiger partial charge in [0.1, 0.15) is 0 Å². The van der Waals surface area contributed by atoms with Crippen LogP contribution in [0.25, 0.3) is 0 Å². The standard InChI is InChI=1S/C19H36N4O9/c24-13-15(9-16(26)14-25)23-7-5-21(11-18(29)30)3-1-20(10-17(27)28)2-4-22(6-8-23)12-19(31)32/h15-16,24-26H,1-14H2,(H,27,28)(H,29,30)(H,31,32). The lowest BCUT2D eigenvalue weighted by Crippen LogP contribution is -2.51. The highest BCUT2D eigenvalue weighted by Crippen LogP contribution is 2.10. The van der Waals surface area contributed by atoms with Gasteiger partial charge in [0.05, 0.1) is 39.0 Å². The van der Waals surface area contributed by atoms with Crippen LogP contribution < -0.4 is 0 Å². The van der Waals surface area contributed by atoms with Gasteiger partial charge in [-0.15, -0.1) is 0 Å². The molecule has 32 heavy (non-hydrogen) atoms. The summed E-state index contributed by atoms with van der Waals surface area (Å²) in [5.74, 6) is -3.06. The molecule has 0 spiro atoms. The van der Waals surface area contributed by atoms with Crippen LogP contribution in [0.4, 0.5) is 0 Å². The zero-order valence-corrected chi connectivity index (χ0v) is 18.3. The van der Waals surface area contributed by atoms with Crippen molar-refractivity contribution in [3.8, 4) is 0 Å². The Morgan fingerprint density at radius 1 is 0.625 bits per heavy atom. The normalized spacial score (nSPS) is 20.7. The van der Waals surface area contributed by atoms with Gasteiger partial charge in [-0.25, -0.2) is 0 Å². The van der Waals surface area contributed by atoms with Crippen molar-refractivity contribution in [3.05, 3.63) is 0 Å². The second-order valence-corrected chi connectivity index (χ2v) is 7.95. The average molecular weight is 465 g/mol. The topological polar surface area (TPSA) is 186 Å². The Bertz CT molecular complexity index is 563. The van der Waals surface area contributed by atoms with E-state index in [4.69, 9.17) is 10.2 Å². The maximum Gasteiger partial charge on any atom is 0.317 e. The zero-order chi connectivity index (χ0) is 24.1. The van der Waals surface area contributed by atoms with Crippen LogP contribution in [0.3, 0.4) is 0 Å². The average Bonchev–Trinajstić information content (AvgIpc) is 2.71. The predicted molar refractivity (Wildman–Crippen MR) is 112 cm³/mol. The van der Waals surface area contributed by atoms with E-state index in [9.17, 15) is 34.8 Å². The lowest BCUT2D eigenvalue weighted by molar-refractivity contribution is -0.140. The van der Waals surface area contributed by atoms with Crippen LogP contribution in [0, 0.1) is 0 Å². The first kappa shape index (κ1) is 28.2. The van der Waals surface area contributed by atoms with E-state index in [1.807, 2.05) is 4.90 Å². The van der Waals surface area contributed by atoms with E-state index < -0.39 is 36.7 Å². The Morgan fingerprint density at radius 3 is 1.25 bits per heavy atom. The number of hydrogen-bond acceptors (Lipinski definition) is 10. The van der Waals surface area contributed by atoms with Crippen LogP contribution in [0.5, 0.6) is 0 Å². The summed E-state index contributed by atoms with van der Waals surface area (Å²) in [6.07, 6.45) is -0.916.